The zero-order chi connectivity index (χ0) is 12.8. The maximum atomic E-state index is 11.3. The zero-order valence-corrected chi connectivity index (χ0v) is 10.4. The lowest BCUT2D eigenvalue weighted by Crippen LogP contribution is -2.07. The van der Waals surface area contributed by atoms with Gasteiger partial charge in [0.1, 0.15) is 5.76 Å². The minimum Gasteiger partial charge on any atom is -0.469 e. The lowest BCUT2D eigenvalue weighted by molar-refractivity contribution is -0.139. The van der Waals surface area contributed by atoms with Gasteiger partial charge in [-0.1, -0.05) is 24.3 Å². The van der Waals surface area contributed by atoms with E-state index in [1.165, 1.54) is 12.7 Å². The van der Waals surface area contributed by atoms with Gasteiger partial charge in [-0.25, -0.2) is 0 Å². The molecule has 0 aliphatic carbocycles. The lowest BCUT2D eigenvalue weighted by atomic mass is 10.00. The first-order chi connectivity index (χ1) is 8.79. The predicted molar refractivity (Wildman–Crippen MR) is 68.3 cm³/mol. The molecule has 0 bridgehead atoms. The highest BCUT2D eigenvalue weighted by Gasteiger charge is 2.08. The van der Waals surface area contributed by atoms with Crippen molar-refractivity contribution in [1.82, 2.24) is 0 Å². The summed E-state index contributed by atoms with van der Waals surface area (Å²) in [4.78, 5) is 11.3. The summed E-state index contributed by atoms with van der Waals surface area (Å²) < 4.78 is 10.0. The van der Waals surface area contributed by atoms with Gasteiger partial charge in [0, 0.05) is 6.42 Å². The van der Waals surface area contributed by atoms with Crippen LogP contribution in [0, 0.1) is 0 Å². The molecule has 2 rings (SSSR count). The number of furan rings is 1. The number of hydrogen-bond acceptors (Lipinski definition) is 3. The van der Waals surface area contributed by atoms with Gasteiger partial charge in [-0.3, -0.25) is 4.79 Å². The second kappa shape index (κ2) is 6.05. The van der Waals surface area contributed by atoms with Gasteiger partial charge in [0.25, 0.3) is 0 Å². The summed E-state index contributed by atoms with van der Waals surface area (Å²) in [7, 11) is 1.41. The number of benzene rings is 1. The van der Waals surface area contributed by atoms with Crippen molar-refractivity contribution in [2.75, 3.05) is 7.11 Å². The van der Waals surface area contributed by atoms with Crippen LogP contribution in [0.1, 0.15) is 16.9 Å². The number of methoxy groups -OCH3 is 1. The minimum absolute atomic E-state index is 0.208. The van der Waals surface area contributed by atoms with Crippen molar-refractivity contribution in [3.05, 3.63) is 59.5 Å². The molecule has 2 aromatic rings. The Morgan fingerprint density at radius 2 is 1.89 bits per heavy atom. The van der Waals surface area contributed by atoms with Gasteiger partial charge in [0.2, 0.25) is 0 Å². The Hall–Kier alpha value is -2.03. The molecule has 3 nitrogen and oxygen atoms in total. The molecule has 1 heterocycles. The Morgan fingerprint density at radius 1 is 1.11 bits per heavy atom. The van der Waals surface area contributed by atoms with Crippen LogP contribution in [0.5, 0.6) is 0 Å². The fraction of sp³-hybridized carbons (Fsp3) is 0.267. The third-order valence-electron chi connectivity index (χ3n) is 2.90. The summed E-state index contributed by atoms with van der Waals surface area (Å²) in [5.41, 5.74) is 2.19. The molecule has 1 aromatic carbocycles. The van der Waals surface area contributed by atoms with Crippen LogP contribution in [-0.2, 0) is 28.8 Å². The standard InChI is InChI=1S/C15H16O3/c1-17-15(16)11-13-6-3-2-5-12(13)8-9-14-7-4-10-18-14/h2-7,10H,8-9,11H2,1H3. The Morgan fingerprint density at radius 3 is 2.56 bits per heavy atom. The van der Waals surface area contributed by atoms with Crippen molar-refractivity contribution < 1.29 is 13.9 Å². The summed E-state index contributed by atoms with van der Waals surface area (Å²) in [6.45, 7) is 0. The lowest BCUT2D eigenvalue weighted by Gasteiger charge is -2.07. The van der Waals surface area contributed by atoms with Gasteiger partial charge in [-0.05, 0) is 29.7 Å². The highest BCUT2D eigenvalue weighted by molar-refractivity contribution is 5.72. The molecular weight excluding hydrogens is 228 g/mol. The van der Waals surface area contributed by atoms with Crippen LogP contribution in [0.3, 0.4) is 0 Å². The average Bonchev–Trinajstić information content (AvgIpc) is 2.91. The molecule has 0 atom stereocenters. The summed E-state index contributed by atoms with van der Waals surface area (Å²) in [5.74, 6) is 0.753. The molecule has 0 aliphatic rings. The number of hydrogen-bond donors (Lipinski definition) is 0. The van der Waals surface area contributed by atoms with E-state index < -0.39 is 0 Å². The first kappa shape index (κ1) is 12.4. The molecule has 0 N–H and O–H groups in total. The van der Waals surface area contributed by atoms with E-state index in [-0.39, 0.29) is 5.97 Å². The van der Waals surface area contributed by atoms with E-state index in [9.17, 15) is 4.79 Å². The Bertz CT molecular complexity index is 500. The average molecular weight is 244 g/mol. The van der Waals surface area contributed by atoms with E-state index in [1.54, 1.807) is 6.26 Å². The van der Waals surface area contributed by atoms with Crippen molar-refractivity contribution in [3.63, 3.8) is 0 Å². The Kier molecular flexibility index (Phi) is 4.18. The number of carbonyl (C=O) groups excluding carboxylic acids is 1. The zero-order valence-electron chi connectivity index (χ0n) is 10.4. The molecule has 0 saturated carbocycles. The minimum atomic E-state index is -0.208. The van der Waals surface area contributed by atoms with Crippen molar-refractivity contribution in [2.24, 2.45) is 0 Å². The Labute approximate surface area is 106 Å². The second-order valence-corrected chi connectivity index (χ2v) is 4.10. The predicted octanol–water partition coefficient (Wildman–Crippen LogP) is 2.78. The van der Waals surface area contributed by atoms with Crippen LogP contribution >= 0.6 is 0 Å². The number of carbonyl (C=O) groups is 1. The van der Waals surface area contributed by atoms with Gasteiger partial charge in [0.05, 0.1) is 19.8 Å². The molecule has 0 radical (unpaired) electrons. The summed E-state index contributed by atoms with van der Waals surface area (Å²) in [6.07, 6.45) is 3.70. The van der Waals surface area contributed by atoms with E-state index in [0.717, 1.165) is 24.2 Å². The largest absolute Gasteiger partial charge is 0.469 e. The molecule has 1 aromatic heterocycles. The third-order valence-corrected chi connectivity index (χ3v) is 2.90. The smallest absolute Gasteiger partial charge is 0.309 e. The molecule has 0 spiro atoms. The van der Waals surface area contributed by atoms with Crippen LogP contribution in [0.25, 0.3) is 0 Å². The fourth-order valence-corrected chi connectivity index (χ4v) is 1.91. The third kappa shape index (κ3) is 3.23. The fourth-order valence-electron chi connectivity index (χ4n) is 1.91. The first-order valence-electron chi connectivity index (χ1n) is 5.95. The highest BCUT2D eigenvalue weighted by Crippen LogP contribution is 2.14. The van der Waals surface area contributed by atoms with E-state index in [4.69, 9.17) is 9.15 Å². The summed E-state index contributed by atoms with van der Waals surface area (Å²) >= 11 is 0. The van der Waals surface area contributed by atoms with Crippen LogP contribution in [0.4, 0.5) is 0 Å². The number of aryl methyl sites for hydroxylation is 2. The van der Waals surface area contributed by atoms with Crippen LogP contribution in [-0.4, -0.2) is 13.1 Å². The topological polar surface area (TPSA) is 39.4 Å². The molecule has 0 aliphatic heterocycles. The molecule has 3 heteroatoms. The molecular formula is C15H16O3. The van der Waals surface area contributed by atoms with Crippen molar-refractivity contribution in [2.45, 2.75) is 19.3 Å². The number of rotatable bonds is 5. The normalized spacial score (nSPS) is 10.3. The molecule has 0 amide bonds. The Balaban J connectivity index is 2.05. The number of ether oxygens (including phenoxy) is 1. The van der Waals surface area contributed by atoms with Crippen molar-refractivity contribution in [3.8, 4) is 0 Å². The SMILES string of the molecule is COC(=O)Cc1ccccc1CCc1ccco1. The quantitative estimate of drug-likeness (QED) is 0.759. The van der Waals surface area contributed by atoms with Gasteiger partial charge < -0.3 is 9.15 Å². The van der Waals surface area contributed by atoms with Crippen molar-refractivity contribution in [1.29, 1.82) is 0 Å². The molecule has 0 fully saturated rings. The molecule has 18 heavy (non-hydrogen) atoms. The van der Waals surface area contributed by atoms with Gasteiger partial charge >= 0.3 is 5.97 Å². The van der Waals surface area contributed by atoms with E-state index in [1.807, 2.05) is 36.4 Å². The van der Waals surface area contributed by atoms with Gasteiger partial charge in [-0.15, -0.1) is 0 Å². The maximum absolute atomic E-state index is 11.3. The second-order valence-electron chi connectivity index (χ2n) is 4.10. The van der Waals surface area contributed by atoms with Crippen LogP contribution in [0.2, 0.25) is 0 Å². The van der Waals surface area contributed by atoms with Gasteiger partial charge in [0.15, 0.2) is 0 Å². The van der Waals surface area contributed by atoms with Gasteiger partial charge in [-0.2, -0.15) is 0 Å². The van der Waals surface area contributed by atoms with E-state index in [2.05, 4.69) is 0 Å². The van der Waals surface area contributed by atoms with Crippen LogP contribution in [0.15, 0.2) is 47.1 Å². The van der Waals surface area contributed by atoms with Crippen molar-refractivity contribution >= 4 is 5.97 Å². The highest BCUT2D eigenvalue weighted by atomic mass is 16.5. The molecule has 0 saturated heterocycles. The van der Waals surface area contributed by atoms with E-state index >= 15 is 0 Å². The van der Waals surface area contributed by atoms with E-state index in [0.29, 0.717) is 6.42 Å². The summed E-state index contributed by atoms with van der Waals surface area (Å²) in [5, 5.41) is 0. The summed E-state index contributed by atoms with van der Waals surface area (Å²) in [6, 6.07) is 11.8. The van der Waals surface area contributed by atoms with Crippen LogP contribution < -0.4 is 0 Å². The first-order valence-corrected chi connectivity index (χ1v) is 5.95. The molecule has 0 unspecified atom stereocenters. The molecule has 94 valence electrons. The maximum Gasteiger partial charge on any atom is 0.309 e. The monoisotopic (exact) mass is 244 g/mol. The number of esters is 1.